The average molecular weight is 329 g/mol. The molecule has 1 fully saturated rings. The van der Waals surface area contributed by atoms with Crippen LogP contribution < -0.4 is 0 Å². The molecule has 2 aliphatic heterocycles. The van der Waals surface area contributed by atoms with Gasteiger partial charge in [0, 0.05) is 27.7 Å². The normalized spacial score (nSPS) is 32.2. The Morgan fingerprint density at radius 2 is 1.65 bits per heavy atom. The molecule has 2 rings (SSSR count). The summed E-state index contributed by atoms with van der Waals surface area (Å²) in [5.41, 5.74) is 0. The minimum atomic E-state index is -0.963. The highest BCUT2D eigenvalue weighted by Crippen LogP contribution is 2.32. The van der Waals surface area contributed by atoms with Gasteiger partial charge in [-0.2, -0.15) is 0 Å². The summed E-state index contributed by atoms with van der Waals surface area (Å²) in [6.45, 7) is 5.17. The van der Waals surface area contributed by atoms with E-state index in [1.54, 1.807) is 6.92 Å². The van der Waals surface area contributed by atoms with Gasteiger partial charge in [0.25, 0.3) is 0 Å². The molecular weight excluding hydrogens is 310 g/mol. The number of aliphatic imine (C=N–C) groups is 1. The number of fused-ring (bicyclic) bond motifs is 1. The smallest absolute Gasteiger partial charge is 0.303 e. The van der Waals surface area contributed by atoms with Crippen molar-refractivity contribution in [3.63, 3.8) is 0 Å². The number of nitrogens with zero attached hydrogens (tertiary/aromatic N) is 1. The molecule has 5 atom stereocenters. The number of hydrogen-bond acceptors (Lipinski definition) is 9. The topological polar surface area (TPSA) is 110 Å². The Kier molecular flexibility index (Phi) is 5.19. The Morgan fingerprint density at radius 3 is 2.22 bits per heavy atom. The van der Waals surface area contributed by atoms with E-state index in [0.717, 1.165) is 0 Å². The third-order valence-electron chi connectivity index (χ3n) is 3.29. The first-order valence-corrected chi connectivity index (χ1v) is 7.12. The van der Waals surface area contributed by atoms with Crippen LogP contribution in [0.15, 0.2) is 4.99 Å². The summed E-state index contributed by atoms with van der Waals surface area (Å²) < 4.78 is 26.5. The van der Waals surface area contributed by atoms with E-state index in [-0.39, 0.29) is 6.61 Å². The van der Waals surface area contributed by atoms with Crippen LogP contribution in [-0.2, 0) is 38.1 Å². The molecule has 9 heteroatoms. The molecule has 0 saturated carbocycles. The second-order valence-electron chi connectivity index (χ2n) is 5.25. The van der Waals surface area contributed by atoms with Gasteiger partial charge in [-0.3, -0.25) is 14.4 Å². The van der Waals surface area contributed by atoms with Crippen molar-refractivity contribution < 1.29 is 38.1 Å². The van der Waals surface area contributed by atoms with Crippen molar-refractivity contribution in [2.75, 3.05) is 6.61 Å². The van der Waals surface area contributed by atoms with Crippen LogP contribution in [0.2, 0.25) is 0 Å². The molecule has 0 bridgehead atoms. The molecule has 0 spiro atoms. The quantitative estimate of drug-likeness (QED) is 0.522. The highest BCUT2D eigenvalue weighted by Gasteiger charge is 2.53. The first-order valence-electron chi connectivity index (χ1n) is 7.12. The van der Waals surface area contributed by atoms with Gasteiger partial charge in [0.15, 0.2) is 24.1 Å². The predicted octanol–water partition coefficient (Wildman–Crippen LogP) is -0.0450. The average Bonchev–Trinajstić information content (AvgIpc) is 2.78. The van der Waals surface area contributed by atoms with Crippen molar-refractivity contribution in [3.8, 4) is 0 Å². The van der Waals surface area contributed by atoms with Gasteiger partial charge in [0.1, 0.15) is 12.7 Å². The van der Waals surface area contributed by atoms with Crippen LogP contribution in [0.4, 0.5) is 0 Å². The number of carbonyl (C=O) groups is 3. The first-order chi connectivity index (χ1) is 10.8. The second-order valence-corrected chi connectivity index (χ2v) is 5.25. The highest BCUT2D eigenvalue weighted by molar-refractivity contribution is 5.75. The lowest BCUT2D eigenvalue weighted by molar-refractivity contribution is -0.249. The van der Waals surface area contributed by atoms with Crippen LogP contribution >= 0.6 is 0 Å². The Morgan fingerprint density at radius 1 is 1.04 bits per heavy atom. The van der Waals surface area contributed by atoms with E-state index in [0.29, 0.717) is 5.90 Å². The largest absolute Gasteiger partial charge is 0.463 e. The molecule has 1 saturated heterocycles. The minimum Gasteiger partial charge on any atom is -0.463 e. The zero-order valence-corrected chi connectivity index (χ0v) is 13.3. The Hall–Kier alpha value is -2.16. The lowest BCUT2D eigenvalue weighted by Gasteiger charge is -2.40. The molecule has 0 aliphatic carbocycles. The van der Waals surface area contributed by atoms with E-state index in [1.807, 2.05) is 0 Å². The summed E-state index contributed by atoms with van der Waals surface area (Å²) in [6.07, 6.45) is -3.50. The Bertz CT molecular complexity index is 531. The molecule has 0 amide bonds. The number of ether oxygens (including phenoxy) is 5. The van der Waals surface area contributed by atoms with Crippen molar-refractivity contribution in [2.45, 2.75) is 58.3 Å². The lowest BCUT2D eigenvalue weighted by atomic mass is 9.97. The van der Waals surface area contributed by atoms with Gasteiger partial charge in [-0.1, -0.05) is 0 Å². The van der Waals surface area contributed by atoms with Gasteiger partial charge in [-0.15, -0.1) is 0 Å². The fraction of sp³-hybridized carbons (Fsp3) is 0.714. The molecule has 4 unspecified atom stereocenters. The fourth-order valence-electron chi connectivity index (χ4n) is 2.53. The third-order valence-corrected chi connectivity index (χ3v) is 3.29. The second kappa shape index (κ2) is 6.95. The fourth-order valence-corrected chi connectivity index (χ4v) is 2.53. The van der Waals surface area contributed by atoms with E-state index in [2.05, 4.69) is 4.99 Å². The maximum absolute atomic E-state index is 11.4. The van der Waals surface area contributed by atoms with Crippen molar-refractivity contribution in [1.29, 1.82) is 0 Å². The molecule has 9 nitrogen and oxygen atoms in total. The number of carbonyl (C=O) groups excluding carboxylic acids is 3. The molecule has 0 aromatic heterocycles. The van der Waals surface area contributed by atoms with Crippen LogP contribution in [0.25, 0.3) is 0 Å². The minimum absolute atomic E-state index is 0.170. The van der Waals surface area contributed by atoms with Gasteiger partial charge in [0.2, 0.25) is 6.29 Å². The third kappa shape index (κ3) is 4.19. The zero-order valence-electron chi connectivity index (χ0n) is 13.3. The standard InChI is InChI=1S/C14H19NO8/c1-6-15-11-13(22-9(4)18)12(21-8(3)17)10(5-19-7(2)16)23-14(11)20-6/h10-14H,5H2,1-4H3/t10?,11?,12?,13?,14-/m0/s1. The molecule has 0 aromatic rings. The molecular formula is C14H19NO8. The lowest BCUT2D eigenvalue weighted by Crippen LogP contribution is -2.60. The van der Waals surface area contributed by atoms with Crippen LogP contribution in [0.3, 0.4) is 0 Å². The summed E-state index contributed by atoms with van der Waals surface area (Å²) >= 11 is 0. The molecule has 23 heavy (non-hydrogen) atoms. The van der Waals surface area contributed by atoms with Crippen molar-refractivity contribution >= 4 is 23.8 Å². The molecule has 128 valence electrons. The van der Waals surface area contributed by atoms with Gasteiger partial charge in [-0.25, -0.2) is 4.99 Å². The van der Waals surface area contributed by atoms with E-state index >= 15 is 0 Å². The maximum Gasteiger partial charge on any atom is 0.303 e. The maximum atomic E-state index is 11.4. The molecule has 0 N–H and O–H groups in total. The van der Waals surface area contributed by atoms with Gasteiger partial charge < -0.3 is 23.7 Å². The van der Waals surface area contributed by atoms with Crippen molar-refractivity contribution in [1.82, 2.24) is 0 Å². The van der Waals surface area contributed by atoms with Gasteiger partial charge in [-0.05, 0) is 0 Å². The van der Waals surface area contributed by atoms with E-state index in [1.165, 1.54) is 20.8 Å². The summed E-state index contributed by atoms with van der Waals surface area (Å²) in [5.74, 6) is -1.28. The molecule has 2 heterocycles. The molecule has 0 aromatic carbocycles. The SMILES string of the molecule is CC(=O)OCC1O[C@@H]2OC(C)=NC2C(OC(C)=O)C1OC(C)=O. The molecule has 0 radical (unpaired) electrons. The zero-order chi connectivity index (χ0) is 17.1. The van der Waals surface area contributed by atoms with E-state index in [9.17, 15) is 14.4 Å². The van der Waals surface area contributed by atoms with E-state index < -0.39 is 48.6 Å². The Balaban J connectivity index is 2.26. The number of rotatable bonds is 4. The highest BCUT2D eigenvalue weighted by atomic mass is 16.7. The molecule has 2 aliphatic rings. The van der Waals surface area contributed by atoms with Gasteiger partial charge >= 0.3 is 17.9 Å². The van der Waals surface area contributed by atoms with Crippen molar-refractivity contribution in [3.05, 3.63) is 0 Å². The van der Waals surface area contributed by atoms with Crippen LogP contribution in [0.1, 0.15) is 27.7 Å². The van der Waals surface area contributed by atoms with Gasteiger partial charge in [0.05, 0.1) is 0 Å². The van der Waals surface area contributed by atoms with Crippen LogP contribution in [-0.4, -0.2) is 61.1 Å². The van der Waals surface area contributed by atoms with Crippen LogP contribution in [0, 0.1) is 0 Å². The summed E-state index contributed by atoms with van der Waals surface area (Å²) in [7, 11) is 0. The van der Waals surface area contributed by atoms with Crippen LogP contribution in [0.5, 0.6) is 0 Å². The summed E-state index contributed by atoms with van der Waals surface area (Å²) in [6, 6.07) is -0.656. The van der Waals surface area contributed by atoms with Crippen molar-refractivity contribution in [2.24, 2.45) is 4.99 Å². The van der Waals surface area contributed by atoms with E-state index in [4.69, 9.17) is 23.7 Å². The number of esters is 3. The Labute approximate surface area is 132 Å². The number of hydrogen-bond donors (Lipinski definition) is 0. The first kappa shape index (κ1) is 17.2. The summed E-state index contributed by atoms with van der Waals surface area (Å²) in [5, 5.41) is 0. The monoisotopic (exact) mass is 329 g/mol. The summed E-state index contributed by atoms with van der Waals surface area (Å²) in [4.78, 5) is 38.1. The predicted molar refractivity (Wildman–Crippen MR) is 74.4 cm³/mol.